The Morgan fingerprint density at radius 1 is 1.55 bits per heavy atom. The van der Waals surface area contributed by atoms with Crippen LogP contribution in [0.25, 0.3) is 0 Å². The highest BCUT2D eigenvalue weighted by atomic mass is 35.5. The number of fused-ring (bicyclic) bond motifs is 1. The van der Waals surface area contributed by atoms with E-state index in [2.05, 4.69) is 11.9 Å². The Balaban J connectivity index is 2.02. The monoisotopic (exact) mass is 297 g/mol. The van der Waals surface area contributed by atoms with Gasteiger partial charge in [0.25, 0.3) is 0 Å². The Kier molecular flexibility index (Phi) is 3.08. The molecule has 3 rings (SSSR count). The van der Waals surface area contributed by atoms with Gasteiger partial charge in [-0.15, -0.1) is 0 Å². The van der Waals surface area contributed by atoms with E-state index in [4.69, 9.17) is 16.3 Å². The van der Waals surface area contributed by atoms with Crippen molar-refractivity contribution in [3.05, 3.63) is 40.8 Å². The quantitative estimate of drug-likeness (QED) is 0.877. The Bertz CT molecular complexity index is 583. The first-order valence-corrected chi connectivity index (χ1v) is 7.04. The lowest BCUT2D eigenvalue weighted by Crippen LogP contribution is -2.37. The highest BCUT2D eigenvalue weighted by Crippen LogP contribution is 2.49. The minimum atomic E-state index is -1.33. The van der Waals surface area contributed by atoms with E-state index in [9.17, 15) is 9.50 Å². The van der Waals surface area contributed by atoms with Crippen LogP contribution in [0.4, 0.5) is 10.1 Å². The zero-order valence-corrected chi connectivity index (χ0v) is 12.1. The van der Waals surface area contributed by atoms with Crippen LogP contribution in [0.5, 0.6) is 0 Å². The first-order chi connectivity index (χ1) is 9.34. The van der Waals surface area contributed by atoms with Gasteiger partial charge in [-0.3, -0.25) is 0 Å². The molecule has 1 aromatic carbocycles. The summed E-state index contributed by atoms with van der Waals surface area (Å²) in [7, 11) is 0. The third-order valence-corrected chi connectivity index (χ3v) is 4.51. The SMILES string of the molecule is C=C1Nc2cc(Cl)c(F)cc2C1(O)CC1(C)CCCO1. The second kappa shape index (κ2) is 4.45. The summed E-state index contributed by atoms with van der Waals surface area (Å²) in [6, 6.07) is 2.76. The van der Waals surface area contributed by atoms with Gasteiger partial charge in [0, 0.05) is 30.0 Å². The third-order valence-electron chi connectivity index (χ3n) is 4.22. The molecule has 20 heavy (non-hydrogen) atoms. The van der Waals surface area contributed by atoms with Gasteiger partial charge in [-0.05, 0) is 31.9 Å². The lowest BCUT2D eigenvalue weighted by atomic mass is 9.81. The van der Waals surface area contributed by atoms with Crippen LogP contribution in [0.1, 0.15) is 31.7 Å². The molecule has 2 aliphatic rings. The van der Waals surface area contributed by atoms with Gasteiger partial charge in [0.2, 0.25) is 0 Å². The molecule has 0 aliphatic carbocycles. The van der Waals surface area contributed by atoms with E-state index in [0.29, 0.717) is 30.0 Å². The van der Waals surface area contributed by atoms with Crippen molar-refractivity contribution in [2.45, 2.75) is 37.4 Å². The lowest BCUT2D eigenvalue weighted by molar-refractivity contribution is -0.0510. The van der Waals surface area contributed by atoms with Crippen molar-refractivity contribution in [2.24, 2.45) is 0 Å². The molecular weight excluding hydrogens is 281 g/mol. The van der Waals surface area contributed by atoms with Gasteiger partial charge in [0.1, 0.15) is 11.4 Å². The number of hydrogen-bond acceptors (Lipinski definition) is 3. The Morgan fingerprint density at radius 3 is 2.95 bits per heavy atom. The summed E-state index contributed by atoms with van der Waals surface area (Å²) in [4.78, 5) is 0. The first-order valence-electron chi connectivity index (χ1n) is 6.66. The van der Waals surface area contributed by atoms with E-state index in [1.54, 1.807) is 0 Å². The summed E-state index contributed by atoms with van der Waals surface area (Å²) in [6.45, 7) is 6.53. The van der Waals surface area contributed by atoms with Crippen LogP contribution in [0.15, 0.2) is 24.4 Å². The predicted molar refractivity (Wildman–Crippen MR) is 76.3 cm³/mol. The fourth-order valence-corrected chi connectivity index (χ4v) is 3.30. The maximum Gasteiger partial charge on any atom is 0.142 e. The number of anilines is 1. The number of rotatable bonds is 2. The van der Waals surface area contributed by atoms with Crippen LogP contribution in [-0.2, 0) is 10.3 Å². The molecule has 0 spiro atoms. The largest absolute Gasteiger partial charge is 0.379 e. The van der Waals surface area contributed by atoms with Crippen molar-refractivity contribution in [3.8, 4) is 0 Å². The second-order valence-electron chi connectivity index (χ2n) is 5.85. The molecule has 2 unspecified atom stereocenters. The molecule has 108 valence electrons. The molecule has 2 N–H and O–H groups in total. The van der Waals surface area contributed by atoms with Gasteiger partial charge in [0.05, 0.1) is 10.6 Å². The molecule has 0 amide bonds. The molecule has 0 radical (unpaired) electrons. The summed E-state index contributed by atoms with van der Waals surface area (Å²) < 4.78 is 19.5. The van der Waals surface area contributed by atoms with Crippen LogP contribution in [0.2, 0.25) is 5.02 Å². The highest BCUT2D eigenvalue weighted by molar-refractivity contribution is 6.31. The number of nitrogens with one attached hydrogen (secondary N) is 1. The van der Waals surface area contributed by atoms with Gasteiger partial charge < -0.3 is 15.2 Å². The average Bonchev–Trinajstić information content (AvgIpc) is 2.87. The third kappa shape index (κ3) is 2.03. The normalized spacial score (nSPS) is 32.3. The second-order valence-corrected chi connectivity index (χ2v) is 6.26. The topological polar surface area (TPSA) is 41.5 Å². The van der Waals surface area contributed by atoms with E-state index in [1.807, 2.05) is 6.92 Å². The molecule has 2 aliphatic heterocycles. The van der Waals surface area contributed by atoms with Crippen LogP contribution in [0, 0.1) is 5.82 Å². The van der Waals surface area contributed by atoms with Gasteiger partial charge in [0.15, 0.2) is 0 Å². The maximum absolute atomic E-state index is 13.7. The zero-order valence-electron chi connectivity index (χ0n) is 11.3. The molecule has 0 saturated carbocycles. The van der Waals surface area contributed by atoms with Crippen molar-refractivity contribution < 1.29 is 14.2 Å². The Morgan fingerprint density at radius 2 is 2.30 bits per heavy atom. The molecule has 0 aromatic heterocycles. The van der Waals surface area contributed by atoms with Crippen LogP contribution in [0.3, 0.4) is 0 Å². The molecule has 1 fully saturated rings. The van der Waals surface area contributed by atoms with Gasteiger partial charge in [-0.2, -0.15) is 0 Å². The summed E-state index contributed by atoms with van der Waals surface area (Å²) in [5, 5.41) is 14.0. The minimum Gasteiger partial charge on any atom is -0.379 e. The molecule has 2 atom stereocenters. The predicted octanol–water partition coefficient (Wildman–Crippen LogP) is 3.57. The van der Waals surface area contributed by atoms with Gasteiger partial charge >= 0.3 is 0 Å². The van der Waals surface area contributed by atoms with Crippen LogP contribution in [-0.4, -0.2) is 17.3 Å². The molecular formula is C15H17ClFNO2. The van der Waals surface area contributed by atoms with Crippen molar-refractivity contribution in [3.63, 3.8) is 0 Å². The summed E-state index contributed by atoms with van der Waals surface area (Å²) in [5.74, 6) is -0.544. The van der Waals surface area contributed by atoms with E-state index in [-0.39, 0.29) is 5.02 Å². The smallest absolute Gasteiger partial charge is 0.142 e. The summed E-state index contributed by atoms with van der Waals surface area (Å²) in [6.07, 6.45) is 2.18. The van der Waals surface area contributed by atoms with E-state index in [0.717, 1.165) is 12.8 Å². The average molecular weight is 298 g/mol. The van der Waals surface area contributed by atoms with Crippen LogP contribution < -0.4 is 5.32 Å². The van der Waals surface area contributed by atoms with Crippen LogP contribution >= 0.6 is 11.6 Å². The van der Waals surface area contributed by atoms with Crippen molar-refractivity contribution >= 4 is 17.3 Å². The number of halogens is 2. The Hall–Kier alpha value is -1.10. The van der Waals surface area contributed by atoms with Gasteiger partial charge in [-0.25, -0.2) is 4.39 Å². The van der Waals surface area contributed by atoms with E-state index >= 15 is 0 Å². The van der Waals surface area contributed by atoms with E-state index < -0.39 is 17.0 Å². The molecule has 1 aromatic rings. The number of aliphatic hydroxyl groups is 1. The van der Waals surface area contributed by atoms with Crippen molar-refractivity contribution in [1.82, 2.24) is 0 Å². The Labute approximate surface area is 122 Å². The number of ether oxygens (including phenoxy) is 1. The van der Waals surface area contributed by atoms with Gasteiger partial charge in [-0.1, -0.05) is 18.2 Å². The molecule has 1 saturated heterocycles. The maximum atomic E-state index is 13.7. The summed E-state index contributed by atoms with van der Waals surface area (Å²) in [5.41, 5.74) is -0.241. The highest BCUT2D eigenvalue weighted by Gasteiger charge is 2.47. The molecule has 2 heterocycles. The minimum absolute atomic E-state index is 0.0247. The van der Waals surface area contributed by atoms with Crippen molar-refractivity contribution in [1.29, 1.82) is 0 Å². The number of hydrogen-bond donors (Lipinski definition) is 2. The zero-order chi connectivity index (χ0) is 14.5. The lowest BCUT2D eigenvalue weighted by Gasteiger charge is -2.33. The molecule has 5 heteroatoms. The standard InChI is InChI=1S/C15H17ClFNO2/c1-9-15(19,8-14(2)4-3-5-20-14)10-6-12(17)11(16)7-13(10)18-9/h6-7,18-19H,1,3-5,8H2,2H3. The fourth-order valence-electron chi connectivity index (χ4n) is 3.14. The first kappa shape index (κ1) is 13.9. The van der Waals surface area contributed by atoms with E-state index in [1.165, 1.54) is 12.1 Å². The molecule has 0 bridgehead atoms. The summed E-state index contributed by atoms with van der Waals surface area (Å²) >= 11 is 5.78. The van der Waals surface area contributed by atoms with Crippen molar-refractivity contribution in [2.75, 3.05) is 11.9 Å². The molecule has 3 nitrogen and oxygen atoms in total. The fraction of sp³-hybridized carbons (Fsp3) is 0.467. The number of benzene rings is 1.